The lowest BCUT2D eigenvalue weighted by atomic mass is 10.1. The minimum Gasteiger partial charge on any atom is -0.503 e. The molecule has 1 rings (SSSR count). The van der Waals surface area contributed by atoms with Crippen molar-refractivity contribution in [3.05, 3.63) is 17.3 Å². The van der Waals surface area contributed by atoms with Gasteiger partial charge in [0.2, 0.25) is 0 Å². The van der Waals surface area contributed by atoms with Gasteiger partial charge < -0.3 is 9.84 Å². The molecule has 0 bridgehead atoms. The predicted molar refractivity (Wildman–Crippen MR) is 47.0 cm³/mol. The summed E-state index contributed by atoms with van der Waals surface area (Å²) in [5.74, 6) is -1.01. The van der Waals surface area contributed by atoms with Crippen molar-refractivity contribution in [3.8, 4) is 11.6 Å². The van der Waals surface area contributed by atoms with Gasteiger partial charge in [0.05, 0.1) is 12.7 Å². The number of alkyl halides is 3. The highest BCUT2D eigenvalue weighted by Gasteiger charge is 2.21. The molecule has 0 saturated carbocycles. The summed E-state index contributed by atoms with van der Waals surface area (Å²) in [5, 5.41) is 9.35. The molecule has 0 radical (unpaired) electrons. The highest BCUT2D eigenvalue weighted by molar-refractivity contribution is 6.17. The normalized spacial score (nSPS) is 10.6. The summed E-state index contributed by atoms with van der Waals surface area (Å²) in [6, 6.07) is 0. The van der Waals surface area contributed by atoms with Gasteiger partial charge in [0.25, 0.3) is 12.3 Å². The van der Waals surface area contributed by atoms with Crippen molar-refractivity contribution in [2.24, 2.45) is 0 Å². The van der Waals surface area contributed by atoms with Crippen LogP contribution in [0.25, 0.3) is 0 Å². The van der Waals surface area contributed by atoms with E-state index >= 15 is 0 Å². The van der Waals surface area contributed by atoms with Gasteiger partial charge in [-0.15, -0.1) is 11.6 Å². The molecule has 0 aliphatic heterocycles. The summed E-state index contributed by atoms with van der Waals surface area (Å²) in [5.41, 5.74) is -0.424. The molecule has 0 saturated heterocycles. The molecule has 0 fully saturated rings. The van der Waals surface area contributed by atoms with Crippen LogP contribution in [0.1, 0.15) is 17.6 Å². The number of methoxy groups -OCH3 is 1. The predicted octanol–water partition coefficient (Wildman–Crippen LogP) is 2.47. The molecule has 0 amide bonds. The van der Waals surface area contributed by atoms with Gasteiger partial charge in [-0.05, 0) is 5.56 Å². The molecule has 3 nitrogen and oxygen atoms in total. The molecular formula is C8H8ClF2NO2. The number of halogens is 3. The summed E-state index contributed by atoms with van der Waals surface area (Å²) in [6.07, 6.45) is -1.65. The summed E-state index contributed by atoms with van der Waals surface area (Å²) in [4.78, 5) is 3.62. The van der Waals surface area contributed by atoms with Crippen molar-refractivity contribution in [3.63, 3.8) is 0 Å². The maximum atomic E-state index is 12.5. The number of rotatable bonds is 3. The first-order chi connectivity index (χ1) is 6.61. The van der Waals surface area contributed by atoms with Gasteiger partial charge >= 0.3 is 0 Å². The van der Waals surface area contributed by atoms with E-state index in [0.29, 0.717) is 0 Å². The third-order valence-corrected chi connectivity index (χ3v) is 1.98. The number of hydrogen-bond acceptors (Lipinski definition) is 3. The van der Waals surface area contributed by atoms with E-state index < -0.39 is 17.7 Å². The highest BCUT2D eigenvalue weighted by atomic mass is 35.5. The van der Waals surface area contributed by atoms with Gasteiger partial charge in [0.1, 0.15) is 0 Å². The maximum Gasteiger partial charge on any atom is 0.267 e. The highest BCUT2D eigenvalue weighted by Crippen LogP contribution is 2.37. The Balaban J connectivity index is 3.31. The van der Waals surface area contributed by atoms with E-state index in [1.807, 2.05) is 0 Å². The second-order valence-corrected chi connectivity index (χ2v) is 2.76. The van der Waals surface area contributed by atoms with Crippen LogP contribution < -0.4 is 4.74 Å². The van der Waals surface area contributed by atoms with E-state index in [4.69, 9.17) is 11.6 Å². The van der Waals surface area contributed by atoms with Crippen molar-refractivity contribution < 1.29 is 18.6 Å². The van der Waals surface area contributed by atoms with Crippen LogP contribution in [0.2, 0.25) is 0 Å². The smallest absolute Gasteiger partial charge is 0.267 e. The molecule has 0 aliphatic carbocycles. The summed E-state index contributed by atoms with van der Waals surface area (Å²) in [7, 11) is 1.23. The largest absolute Gasteiger partial charge is 0.503 e. The van der Waals surface area contributed by atoms with Gasteiger partial charge in [-0.3, -0.25) is 0 Å². The third kappa shape index (κ3) is 1.87. The molecule has 0 aliphatic rings. The number of aromatic nitrogens is 1. The molecule has 0 atom stereocenters. The van der Waals surface area contributed by atoms with Crippen molar-refractivity contribution in [2.45, 2.75) is 12.3 Å². The Morgan fingerprint density at radius 2 is 2.29 bits per heavy atom. The average molecular weight is 224 g/mol. The van der Waals surface area contributed by atoms with Crippen molar-refractivity contribution >= 4 is 11.6 Å². The van der Waals surface area contributed by atoms with Crippen molar-refractivity contribution in [1.29, 1.82) is 0 Å². The van der Waals surface area contributed by atoms with Crippen LogP contribution in [-0.4, -0.2) is 17.2 Å². The number of ether oxygens (including phenoxy) is 1. The van der Waals surface area contributed by atoms with E-state index in [1.165, 1.54) is 7.11 Å². The molecule has 1 aromatic rings. The first-order valence-electron chi connectivity index (χ1n) is 3.70. The first-order valence-corrected chi connectivity index (χ1v) is 4.24. The molecule has 0 unspecified atom stereocenters. The van der Waals surface area contributed by atoms with Crippen molar-refractivity contribution in [2.75, 3.05) is 7.11 Å². The van der Waals surface area contributed by atoms with Crippen LogP contribution in [0.4, 0.5) is 8.78 Å². The van der Waals surface area contributed by atoms with E-state index in [9.17, 15) is 13.9 Å². The Hall–Kier alpha value is -1.10. The minimum atomic E-state index is -2.80. The molecule has 6 heteroatoms. The first kappa shape index (κ1) is 11.0. The molecule has 0 aromatic carbocycles. The zero-order chi connectivity index (χ0) is 10.7. The monoisotopic (exact) mass is 223 g/mol. The topological polar surface area (TPSA) is 42.4 Å². The Bertz CT molecular complexity index is 333. The van der Waals surface area contributed by atoms with E-state index in [2.05, 4.69) is 9.72 Å². The Kier molecular flexibility index (Phi) is 3.46. The molecular weight excluding hydrogens is 216 g/mol. The second-order valence-electron chi connectivity index (χ2n) is 2.49. The van der Waals surface area contributed by atoms with E-state index in [0.717, 1.165) is 6.20 Å². The van der Waals surface area contributed by atoms with Gasteiger partial charge in [-0.1, -0.05) is 0 Å². The molecule has 1 heterocycles. The zero-order valence-electron chi connectivity index (χ0n) is 7.30. The maximum absolute atomic E-state index is 12.5. The lowest BCUT2D eigenvalue weighted by Gasteiger charge is -2.10. The average Bonchev–Trinajstić information content (AvgIpc) is 2.16. The molecule has 1 N–H and O–H groups in total. The summed E-state index contributed by atoms with van der Waals surface area (Å²) in [6.45, 7) is 0. The number of aromatic hydroxyl groups is 1. The standard InChI is InChI=1S/C8H8ClF2NO2/c1-14-8-6(13)5(7(10)11)4(2-9)3-12-8/h3,7,13H,2H2,1H3. The van der Waals surface area contributed by atoms with Gasteiger partial charge in [-0.2, -0.15) is 0 Å². The summed E-state index contributed by atoms with van der Waals surface area (Å²) < 4.78 is 29.6. The lowest BCUT2D eigenvalue weighted by Crippen LogP contribution is -1.98. The lowest BCUT2D eigenvalue weighted by molar-refractivity contribution is 0.145. The SMILES string of the molecule is COc1ncc(CCl)c(C(F)F)c1O. The zero-order valence-corrected chi connectivity index (χ0v) is 8.05. The van der Waals surface area contributed by atoms with Crippen LogP contribution in [0.15, 0.2) is 6.20 Å². The fourth-order valence-corrected chi connectivity index (χ4v) is 1.25. The minimum absolute atomic E-state index is 0.0972. The Morgan fingerprint density at radius 1 is 1.64 bits per heavy atom. The van der Waals surface area contributed by atoms with E-state index in [1.54, 1.807) is 0 Å². The van der Waals surface area contributed by atoms with Crippen LogP contribution in [0.5, 0.6) is 11.6 Å². The van der Waals surface area contributed by atoms with Crippen LogP contribution >= 0.6 is 11.6 Å². The second kappa shape index (κ2) is 4.41. The molecule has 78 valence electrons. The van der Waals surface area contributed by atoms with Crippen LogP contribution in [0.3, 0.4) is 0 Å². The number of pyridine rings is 1. The van der Waals surface area contributed by atoms with Crippen molar-refractivity contribution in [1.82, 2.24) is 4.98 Å². The molecule has 1 aromatic heterocycles. The number of hydrogen-bond donors (Lipinski definition) is 1. The Labute approximate surface area is 84.3 Å². The van der Waals surface area contributed by atoms with Gasteiger partial charge in [0.15, 0.2) is 5.75 Å². The third-order valence-electron chi connectivity index (χ3n) is 1.70. The summed E-state index contributed by atoms with van der Waals surface area (Å²) >= 11 is 5.42. The van der Waals surface area contributed by atoms with Gasteiger partial charge in [-0.25, -0.2) is 13.8 Å². The molecule has 0 spiro atoms. The fraction of sp³-hybridized carbons (Fsp3) is 0.375. The van der Waals surface area contributed by atoms with E-state index in [-0.39, 0.29) is 17.3 Å². The number of nitrogens with zero attached hydrogens (tertiary/aromatic N) is 1. The van der Waals surface area contributed by atoms with Crippen LogP contribution in [-0.2, 0) is 5.88 Å². The van der Waals surface area contributed by atoms with Gasteiger partial charge in [0, 0.05) is 12.1 Å². The fourth-order valence-electron chi connectivity index (χ4n) is 1.03. The Morgan fingerprint density at radius 3 is 2.71 bits per heavy atom. The quantitative estimate of drug-likeness (QED) is 0.801. The van der Waals surface area contributed by atoms with Crippen LogP contribution in [0, 0.1) is 0 Å². The molecule has 14 heavy (non-hydrogen) atoms.